The molecule has 1 aliphatic heterocycles. The molecule has 2 fully saturated rings. The molecular weight excluding hydrogens is 324 g/mol. The third-order valence-corrected chi connectivity index (χ3v) is 6.50. The van der Waals surface area contributed by atoms with Gasteiger partial charge in [0.25, 0.3) is 0 Å². The predicted molar refractivity (Wildman–Crippen MR) is 94.9 cm³/mol. The van der Waals surface area contributed by atoms with Crippen molar-refractivity contribution in [3.05, 3.63) is 24.3 Å². The Morgan fingerprint density at radius 2 is 1.79 bits per heavy atom. The summed E-state index contributed by atoms with van der Waals surface area (Å²) in [7, 11) is -1.23. The summed E-state index contributed by atoms with van der Waals surface area (Å²) >= 11 is 0. The second-order valence-corrected chi connectivity index (χ2v) is 9.10. The highest BCUT2D eigenvalue weighted by molar-refractivity contribution is 7.90. The quantitative estimate of drug-likeness (QED) is 0.836. The van der Waals surface area contributed by atoms with E-state index in [0.717, 1.165) is 44.5 Å². The highest BCUT2D eigenvalue weighted by atomic mass is 32.2. The van der Waals surface area contributed by atoms with Gasteiger partial charge in [-0.25, -0.2) is 8.42 Å². The minimum absolute atomic E-state index is 0.236. The first-order valence-corrected chi connectivity index (χ1v) is 10.6. The lowest BCUT2D eigenvalue weighted by Gasteiger charge is -2.41. The molecule has 132 valence electrons. The molecule has 1 saturated heterocycles. The van der Waals surface area contributed by atoms with Crippen LogP contribution in [0.2, 0.25) is 0 Å². The van der Waals surface area contributed by atoms with Gasteiger partial charge in [0.15, 0.2) is 9.84 Å². The monoisotopic (exact) mass is 350 g/mol. The van der Waals surface area contributed by atoms with Crippen molar-refractivity contribution in [1.82, 2.24) is 4.90 Å². The molecule has 1 aromatic carbocycles. The van der Waals surface area contributed by atoms with Crippen LogP contribution in [0, 0.1) is 5.92 Å². The van der Waals surface area contributed by atoms with Crippen molar-refractivity contribution in [2.45, 2.75) is 43.0 Å². The number of rotatable bonds is 4. The maximum absolute atomic E-state index is 12.5. The first-order valence-electron chi connectivity index (χ1n) is 8.68. The highest BCUT2D eigenvalue weighted by Crippen LogP contribution is 2.30. The van der Waals surface area contributed by atoms with E-state index in [9.17, 15) is 13.2 Å². The third kappa shape index (κ3) is 3.58. The van der Waals surface area contributed by atoms with Crippen molar-refractivity contribution in [2.24, 2.45) is 5.92 Å². The molecule has 0 N–H and O–H groups in total. The van der Waals surface area contributed by atoms with Crippen molar-refractivity contribution >= 4 is 21.4 Å². The fraction of sp³-hybridized carbons (Fsp3) is 0.611. The molecule has 3 rings (SSSR count). The maximum Gasteiger partial charge on any atom is 0.225 e. The van der Waals surface area contributed by atoms with E-state index in [1.807, 2.05) is 24.1 Å². The number of nitrogens with zero attached hydrogens (tertiary/aromatic N) is 2. The molecule has 24 heavy (non-hydrogen) atoms. The van der Waals surface area contributed by atoms with Crippen molar-refractivity contribution in [3.63, 3.8) is 0 Å². The second-order valence-electron chi connectivity index (χ2n) is 7.09. The van der Waals surface area contributed by atoms with E-state index in [2.05, 4.69) is 4.90 Å². The van der Waals surface area contributed by atoms with Crippen molar-refractivity contribution in [3.8, 4) is 0 Å². The van der Waals surface area contributed by atoms with Gasteiger partial charge in [0.05, 0.1) is 4.90 Å². The predicted octanol–water partition coefficient (Wildman–Crippen LogP) is 2.32. The van der Waals surface area contributed by atoms with Gasteiger partial charge < -0.3 is 9.80 Å². The summed E-state index contributed by atoms with van der Waals surface area (Å²) in [6.45, 7) is 1.76. The summed E-state index contributed by atoms with van der Waals surface area (Å²) in [6.07, 6.45) is 6.54. The van der Waals surface area contributed by atoms with Crippen LogP contribution < -0.4 is 4.90 Å². The average Bonchev–Trinajstić information content (AvgIpc) is 2.52. The first kappa shape index (κ1) is 17.3. The minimum Gasteiger partial charge on any atom is -0.369 e. The van der Waals surface area contributed by atoms with Crippen LogP contribution in [0.1, 0.15) is 32.1 Å². The molecule has 5 nitrogen and oxygen atoms in total. The van der Waals surface area contributed by atoms with E-state index in [1.54, 1.807) is 12.1 Å². The van der Waals surface area contributed by atoms with Gasteiger partial charge in [0.2, 0.25) is 5.91 Å². The van der Waals surface area contributed by atoms with Gasteiger partial charge in [-0.2, -0.15) is 0 Å². The lowest BCUT2D eigenvalue weighted by Crippen LogP contribution is -2.50. The van der Waals surface area contributed by atoms with Crippen molar-refractivity contribution < 1.29 is 13.2 Å². The zero-order valence-electron chi connectivity index (χ0n) is 14.4. The molecule has 0 aromatic heterocycles. The summed E-state index contributed by atoms with van der Waals surface area (Å²) in [5.41, 5.74) is 1.02. The fourth-order valence-corrected chi connectivity index (χ4v) is 4.16. The number of carbonyl (C=O) groups excluding carboxylic acids is 1. The lowest BCUT2D eigenvalue weighted by molar-refractivity contribution is -0.139. The van der Waals surface area contributed by atoms with Crippen LogP contribution in [-0.4, -0.2) is 51.7 Å². The van der Waals surface area contributed by atoms with Crippen molar-refractivity contribution in [2.75, 3.05) is 31.3 Å². The Balaban J connectivity index is 1.67. The standard InChI is InChI=1S/C18H26N2O3S/c1-19(18(21)14-5-3-6-14)16-7-4-12-20(13-16)15-8-10-17(11-9-15)24(2,22)23/h8-11,14,16H,3-7,12-13H2,1-2H3. The van der Waals surface area contributed by atoms with Crippen LogP contribution >= 0.6 is 0 Å². The zero-order chi connectivity index (χ0) is 17.3. The Labute approximate surface area is 144 Å². The Morgan fingerprint density at radius 1 is 1.12 bits per heavy atom. The van der Waals surface area contributed by atoms with Gasteiger partial charge in [0.1, 0.15) is 0 Å². The summed E-state index contributed by atoms with van der Waals surface area (Å²) in [6, 6.07) is 7.30. The van der Waals surface area contributed by atoms with Crippen molar-refractivity contribution in [1.29, 1.82) is 0 Å². The largest absolute Gasteiger partial charge is 0.369 e. The van der Waals surface area contributed by atoms with Crippen LogP contribution in [0.15, 0.2) is 29.2 Å². The molecule has 1 heterocycles. The number of likely N-dealkylation sites (N-methyl/N-ethyl adjacent to an activating group) is 1. The number of sulfone groups is 1. The van der Waals surface area contributed by atoms with Crippen LogP contribution in [-0.2, 0) is 14.6 Å². The van der Waals surface area contributed by atoms with E-state index >= 15 is 0 Å². The van der Waals surface area contributed by atoms with E-state index in [4.69, 9.17) is 0 Å². The number of hydrogen-bond acceptors (Lipinski definition) is 4. The van der Waals surface area contributed by atoms with E-state index < -0.39 is 9.84 Å². The van der Waals surface area contributed by atoms with Crippen LogP contribution in [0.25, 0.3) is 0 Å². The number of benzene rings is 1. The zero-order valence-corrected chi connectivity index (χ0v) is 15.3. The number of carbonyl (C=O) groups is 1. The minimum atomic E-state index is -3.16. The van der Waals surface area contributed by atoms with Crippen LogP contribution in [0.5, 0.6) is 0 Å². The molecular formula is C18H26N2O3S. The van der Waals surface area contributed by atoms with Gasteiger partial charge in [-0.15, -0.1) is 0 Å². The molecule has 1 aliphatic carbocycles. The topological polar surface area (TPSA) is 57.7 Å². The number of anilines is 1. The second kappa shape index (κ2) is 6.75. The fourth-order valence-electron chi connectivity index (χ4n) is 3.53. The molecule has 2 aliphatic rings. The van der Waals surface area contributed by atoms with Crippen LogP contribution in [0.3, 0.4) is 0 Å². The van der Waals surface area contributed by atoms with Gasteiger partial charge in [-0.05, 0) is 49.9 Å². The Morgan fingerprint density at radius 3 is 2.33 bits per heavy atom. The van der Waals surface area contributed by atoms with Gasteiger partial charge in [0, 0.05) is 44.0 Å². The Bertz CT molecular complexity index is 695. The SMILES string of the molecule is CN(C(=O)C1CCC1)C1CCCN(c2ccc(S(C)(=O)=O)cc2)C1. The molecule has 1 amide bonds. The Hall–Kier alpha value is -1.56. The molecule has 1 unspecified atom stereocenters. The molecule has 0 spiro atoms. The van der Waals surface area contributed by atoms with E-state index in [0.29, 0.717) is 10.8 Å². The Kier molecular flexibility index (Phi) is 4.85. The molecule has 0 radical (unpaired) electrons. The van der Waals surface area contributed by atoms with E-state index in [-0.39, 0.29) is 12.0 Å². The molecule has 1 atom stereocenters. The van der Waals surface area contributed by atoms with E-state index in [1.165, 1.54) is 12.7 Å². The summed E-state index contributed by atoms with van der Waals surface area (Å²) in [5, 5.41) is 0. The number of hydrogen-bond donors (Lipinski definition) is 0. The maximum atomic E-state index is 12.5. The average molecular weight is 350 g/mol. The lowest BCUT2D eigenvalue weighted by atomic mass is 9.84. The third-order valence-electron chi connectivity index (χ3n) is 5.38. The summed E-state index contributed by atoms with van der Waals surface area (Å²) in [5.74, 6) is 0.528. The van der Waals surface area contributed by atoms with Crippen LogP contribution in [0.4, 0.5) is 5.69 Å². The summed E-state index contributed by atoms with van der Waals surface area (Å²) in [4.78, 5) is 17.0. The highest BCUT2D eigenvalue weighted by Gasteiger charge is 2.32. The molecule has 0 bridgehead atoms. The molecule has 6 heteroatoms. The summed E-state index contributed by atoms with van der Waals surface area (Å²) < 4.78 is 23.2. The van der Waals surface area contributed by atoms with Gasteiger partial charge in [-0.1, -0.05) is 6.42 Å². The molecule has 1 saturated carbocycles. The number of piperidine rings is 1. The smallest absolute Gasteiger partial charge is 0.225 e. The first-order chi connectivity index (χ1) is 11.4. The van der Waals surface area contributed by atoms with Gasteiger partial charge in [-0.3, -0.25) is 4.79 Å². The van der Waals surface area contributed by atoms with Gasteiger partial charge >= 0.3 is 0 Å². The normalized spacial score (nSPS) is 22.1. The number of amides is 1. The molecule has 1 aromatic rings.